The van der Waals surface area contributed by atoms with Gasteiger partial charge >= 0.3 is 0 Å². The molecule has 1 heterocycles. The van der Waals surface area contributed by atoms with Crippen LogP contribution < -0.4 is 5.32 Å². The Kier molecular flexibility index (Phi) is 7.96. The van der Waals surface area contributed by atoms with Crippen LogP contribution in [0.25, 0.3) is 0 Å². The van der Waals surface area contributed by atoms with Crippen molar-refractivity contribution in [2.75, 3.05) is 19.8 Å². The summed E-state index contributed by atoms with van der Waals surface area (Å²) in [6, 6.07) is 0.432. The zero-order valence-electron chi connectivity index (χ0n) is 13.3. The van der Waals surface area contributed by atoms with E-state index in [1.54, 1.807) is 0 Å². The zero-order chi connectivity index (χ0) is 14.1. The second-order valence-corrected chi connectivity index (χ2v) is 5.82. The predicted octanol–water partition coefficient (Wildman–Crippen LogP) is 3.52. The SMILES string of the molecule is CCCNC(CCC1CCCO1)C(C)(CC)OCC. The molecule has 3 heteroatoms. The second kappa shape index (κ2) is 8.93. The van der Waals surface area contributed by atoms with Crippen LogP contribution in [0.4, 0.5) is 0 Å². The van der Waals surface area contributed by atoms with Gasteiger partial charge in [-0.2, -0.15) is 0 Å². The van der Waals surface area contributed by atoms with Crippen molar-refractivity contribution >= 4 is 0 Å². The summed E-state index contributed by atoms with van der Waals surface area (Å²) in [4.78, 5) is 0. The van der Waals surface area contributed by atoms with Gasteiger partial charge < -0.3 is 14.8 Å². The van der Waals surface area contributed by atoms with Gasteiger partial charge in [0.15, 0.2) is 0 Å². The third kappa shape index (κ3) is 5.41. The molecule has 0 aromatic heterocycles. The Morgan fingerprint density at radius 1 is 1.37 bits per heavy atom. The topological polar surface area (TPSA) is 30.5 Å². The maximum Gasteiger partial charge on any atom is 0.0803 e. The molecule has 1 N–H and O–H groups in total. The number of hydrogen-bond acceptors (Lipinski definition) is 3. The summed E-state index contributed by atoms with van der Waals surface area (Å²) < 4.78 is 11.8. The monoisotopic (exact) mass is 271 g/mol. The maximum absolute atomic E-state index is 6.05. The lowest BCUT2D eigenvalue weighted by molar-refractivity contribution is -0.0595. The summed E-state index contributed by atoms with van der Waals surface area (Å²) in [6.45, 7) is 11.6. The lowest BCUT2D eigenvalue weighted by Crippen LogP contribution is -2.50. The quantitative estimate of drug-likeness (QED) is 0.659. The van der Waals surface area contributed by atoms with Crippen molar-refractivity contribution in [1.82, 2.24) is 5.32 Å². The van der Waals surface area contributed by atoms with Gasteiger partial charge in [0.05, 0.1) is 11.7 Å². The third-order valence-corrected chi connectivity index (χ3v) is 4.36. The van der Waals surface area contributed by atoms with Crippen LogP contribution in [0.1, 0.15) is 66.2 Å². The normalized spacial score (nSPS) is 24.3. The van der Waals surface area contributed by atoms with Crippen LogP contribution in [-0.2, 0) is 9.47 Å². The first kappa shape index (κ1) is 16.9. The average molecular weight is 271 g/mol. The van der Waals surface area contributed by atoms with Crippen LogP contribution >= 0.6 is 0 Å². The van der Waals surface area contributed by atoms with Crippen LogP contribution in [0.3, 0.4) is 0 Å². The summed E-state index contributed by atoms with van der Waals surface area (Å²) >= 11 is 0. The Balaban J connectivity index is 2.52. The van der Waals surface area contributed by atoms with Crippen LogP contribution in [0.15, 0.2) is 0 Å². The van der Waals surface area contributed by atoms with Gasteiger partial charge in [-0.25, -0.2) is 0 Å². The van der Waals surface area contributed by atoms with Gasteiger partial charge in [-0.05, 0) is 58.9 Å². The highest BCUT2D eigenvalue weighted by atomic mass is 16.5. The molecule has 0 aromatic carbocycles. The molecule has 0 bridgehead atoms. The Bertz CT molecular complexity index is 229. The van der Waals surface area contributed by atoms with E-state index in [4.69, 9.17) is 9.47 Å². The van der Waals surface area contributed by atoms with Crippen molar-refractivity contribution in [3.8, 4) is 0 Å². The summed E-state index contributed by atoms with van der Waals surface area (Å²) in [7, 11) is 0. The van der Waals surface area contributed by atoms with Crippen molar-refractivity contribution in [2.24, 2.45) is 0 Å². The molecule has 0 amide bonds. The summed E-state index contributed by atoms with van der Waals surface area (Å²) in [5.41, 5.74) is -0.0531. The molecule has 1 aliphatic heterocycles. The summed E-state index contributed by atoms with van der Waals surface area (Å²) in [5.74, 6) is 0. The molecule has 0 spiro atoms. The molecule has 19 heavy (non-hydrogen) atoms. The van der Waals surface area contributed by atoms with E-state index in [1.165, 1.54) is 19.3 Å². The molecule has 3 nitrogen and oxygen atoms in total. The van der Waals surface area contributed by atoms with E-state index in [9.17, 15) is 0 Å². The number of rotatable bonds is 10. The van der Waals surface area contributed by atoms with Gasteiger partial charge in [0.25, 0.3) is 0 Å². The van der Waals surface area contributed by atoms with E-state index in [-0.39, 0.29) is 5.60 Å². The van der Waals surface area contributed by atoms with Crippen molar-refractivity contribution in [1.29, 1.82) is 0 Å². The summed E-state index contributed by atoms with van der Waals surface area (Å²) in [5, 5.41) is 3.69. The smallest absolute Gasteiger partial charge is 0.0803 e. The highest BCUT2D eigenvalue weighted by Crippen LogP contribution is 2.26. The number of ether oxygens (including phenoxy) is 2. The van der Waals surface area contributed by atoms with E-state index in [2.05, 4.69) is 33.0 Å². The van der Waals surface area contributed by atoms with Gasteiger partial charge in [0, 0.05) is 19.3 Å². The van der Waals surface area contributed by atoms with E-state index >= 15 is 0 Å². The minimum atomic E-state index is -0.0531. The molecule has 3 unspecified atom stereocenters. The minimum absolute atomic E-state index is 0.0531. The molecule has 1 saturated heterocycles. The van der Waals surface area contributed by atoms with Gasteiger partial charge in [0.1, 0.15) is 0 Å². The van der Waals surface area contributed by atoms with Gasteiger partial charge in [-0.15, -0.1) is 0 Å². The van der Waals surface area contributed by atoms with E-state index < -0.39 is 0 Å². The van der Waals surface area contributed by atoms with Gasteiger partial charge in [-0.3, -0.25) is 0 Å². The van der Waals surface area contributed by atoms with Crippen LogP contribution in [0.5, 0.6) is 0 Å². The van der Waals surface area contributed by atoms with Crippen LogP contribution in [0.2, 0.25) is 0 Å². The van der Waals surface area contributed by atoms with Crippen LogP contribution in [-0.4, -0.2) is 37.5 Å². The molecule has 1 fully saturated rings. The molecular formula is C16H33NO2. The molecule has 1 aliphatic rings. The van der Waals surface area contributed by atoms with E-state index in [0.717, 1.165) is 39.0 Å². The fourth-order valence-corrected chi connectivity index (χ4v) is 2.95. The van der Waals surface area contributed by atoms with E-state index in [1.807, 2.05) is 0 Å². The van der Waals surface area contributed by atoms with Gasteiger partial charge in [-0.1, -0.05) is 13.8 Å². The third-order valence-electron chi connectivity index (χ3n) is 4.36. The van der Waals surface area contributed by atoms with Crippen molar-refractivity contribution < 1.29 is 9.47 Å². The van der Waals surface area contributed by atoms with Crippen molar-refractivity contribution in [3.05, 3.63) is 0 Å². The van der Waals surface area contributed by atoms with Crippen LogP contribution in [0, 0.1) is 0 Å². The standard InChI is InChI=1S/C16H33NO2/c1-5-12-17-15(16(4,6-2)19-7-3)11-10-14-9-8-13-18-14/h14-15,17H,5-13H2,1-4H3. The first-order chi connectivity index (χ1) is 9.16. The molecular weight excluding hydrogens is 238 g/mol. The van der Waals surface area contributed by atoms with Gasteiger partial charge in [0.2, 0.25) is 0 Å². The first-order valence-electron chi connectivity index (χ1n) is 8.15. The lowest BCUT2D eigenvalue weighted by atomic mass is 9.88. The minimum Gasteiger partial charge on any atom is -0.378 e. The summed E-state index contributed by atoms with van der Waals surface area (Å²) in [6.07, 6.45) is 7.47. The highest BCUT2D eigenvalue weighted by Gasteiger charge is 2.33. The Labute approximate surface area is 119 Å². The largest absolute Gasteiger partial charge is 0.378 e. The molecule has 0 aromatic rings. The molecule has 1 rings (SSSR count). The number of hydrogen-bond donors (Lipinski definition) is 1. The van der Waals surface area contributed by atoms with Crippen molar-refractivity contribution in [2.45, 2.75) is 84.0 Å². The lowest BCUT2D eigenvalue weighted by Gasteiger charge is -2.38. The molecule has 0 saturated carbocycles. The molecule has 0 aliphatic carbocycles. The fraction of sp³-hybridized carbons (Fsp3) is 1.00. The van der Waals surface area contributed by atoms with Crippen molar-refractivity contribution in [3.63, 3.8) is 0 Å². The first-order valence-corrected chi connectivity index (χ1v) is 8.15. The predicted molar refractivity (Wildman–Crippen MR) is 80.6 cm³/mol. The fourth-order valence-electron chi connectivity index (χ4n) is 2.95. The second-order valence-electron chi connectivity index (χ2n) is 5.82. The average Bonchev–Trinajstić information content (AvgIpc) is 2.92. The Morgan fingerprint density at radius 2 is 2.16 bits per heavy atom. The zero-order valence-corrected chi connectivity index (χ0v) is 13.3. The Hall–Kier alpha value is -0.120. The number of nitrogens with one attached hydrogen (secondary N) is 1. The molecule has 0 radical (unpaired) electrons. The maximum atomic E-state index is 6.05. The molecule has 114 valence electrons. The Morgan fingerprint density at radius 3 is 2.68 bits per heavy atom. The molecule has 3 atom stereocenters. The van der Waals surface area contributed by atoms with E-state index in [0.29, 0.717) is 12.1 Å². The highest BCUT2D eigenvalue weighted by molar-refractivity contribution is 4.89.